The molecule has 0 aliphatic rings. The Kier molecular flexibility index (Phi) is 51.3. The smallest absolute Gasteiger partial charge is 2.00 e. The maximum Gasteiger partial charge on any atom is 2.00 e. The Bertz CT molecular complexity index is 1770. The molecule has 378 valence electrons. The third-order valence-corrected chi connectivity index (χ3v) is 6.87. The number of hydrogen-bond donors (Lipinski definition) is 0. The minimum absolute atomic E-state index is 0. The van der Waals surface area contributed by atoms with Gasteiger partial charge in [0.25, 0.3) is 0 Å². The molecular formula is C40H50Cu2N6O18U-4. The largest absolute Gasteiger partial charge is 2.00 e. The topological polar surface area (TPSA) is 434 Å². The molecule has 0 amide bonds. The summed E-state index contributed by atoms with van der Waals surface area (Å²) in [6, 6.07) is 20.4. The van der Waals surface area contributed by atoms with Gasteiger partial charge in [-0.1, -0.05) is 71.5 Å². The Morgan fingerprint density at radius 3 is 0.746 bits per heavy atom. The molecule has 0 aliphatic heterocycles. The minimum Gasteiger partial charge on any atom is -2.00 e. The number of benzene rings is 4. The van der Waals surface area contributed by atoms with Crippen molar-refractivity contribution in [1.82, 2.24) is 0 Å². The summed E-state index contributed by atoms with van der Waals surface area (Å²) in [4.78, 5) is 33.3. The minimum atomic E-state index is -1.75. The van der Waals surface area contributed by atoms with Gasteiger partial charge in [-0.3, -0.25) is 20.0 Å². The average Bonchev–Trinajstić information content (AvgIpc) is 3.20. The maximum atomic E-state index is 12.1. The van der Waals surface area contributed by atoms with Gasteiger partial charge in [0, 0.05) is 56.0 Å². The van der Waals surface area contributed by atoms with Gasteiger partial charge in [0.1, 0.15) is 23.0 Å². The van der Waals surface area contributed by atoms with E-state index in [1.54, 1.807) is 72.8 Å². The van der Waals surface area contributed by atoms with Gasteiger partial charge < -0.3 is 91.9 Å². The number of ether oxygens (including phenoxy) is 4. The van der Waals surface area contributed by atoms with Gasteiger partial charge in [-0.05, 0) is 74.2 Å². The summed E-state index contributed by atoms with van der Waals surface area (Å²) in [6.07, 6.45) is 6.09. The molecule has 4 aromatic rings. The third-order valence-electron chi connectivity index (χ3n) is 6.87. The fraction of sp³-hybridized carbons (Fsp3) is 0.300. The van der Waals surface area contributed by atoms with Crippen LogP contribution in [-0.2, 0) is 56.0 Å². The fourth-order valence-electron chi connectivity index (χ4n) is 4.50. The maximum absolute atomic E-state index is 12.1. The summed E-state index contributed by atoms with van der Waals surface area (Å²) in [6.45, 7) is 10.7. The molecule has 0 aliphatic carbocycles. The van der Waals surface area contributed by atoms with E-state index in [2.05, 4.69) is 20.0 Å². The van der Waals surface area contributed by atoms with E-state index in [4.69, 9.17) is 49.6 Å². The van der Waals surface area contributed by atoms with Gasteiger partial charge in [0.05, 0.1) is 62.8 Å². The van der Waals surface area contributed by atoms with E-state index in [0.29, 0.717) is 97.9 Å². The first-order valence-corrected chi connectivity index (χ1v) is 18.1. The number of hydrogen-bond acceptors (Lipinski definition) is 18. The van der Waals surface area contributed by atoms with Crippen LogP contribution in [0.2, 0.25) is 0 Å². The summed E-state index contributed by atoms with van der Waals surface area (Å²) in [5.74, 6) is 0.600. The van der Waals surface area contributed by atoms with Gasteiger partial charge in [-0.15, -0.1) is 0 Å². The Morgan fingerprint density at radius 1 is 0.433 bits per heavy atom. The standard InChI is InChI=1S/2C20H24N2O4.2Cu.2NO3.2H2O.2O.U/c2*1-3-25-17-9-5-7-15(19(17)23)13-21-11-12-22-14-16-8-6-10-18(20(16)24)26-4-2;;;2*2-1(3)4;;;;;/h2*5-10,13-14,23-24H,3-4,11-12H2,1-2H3;;;;;2*1H2;;;/q;;2*+2;2*-1;;;2*-2;/p-2. The van der Waals surface area contributed by atoms with Gasteiger partial charge in [0.2, 0.25) is 0 Å². The molecule has 0 fully saturated rings. The van der Waals surface area contributed by atoms with Gasteiger partial charge in [-0.25, -0.2) is 0 Å². The number of rotatable bonds is 18. The van der Waals surface area contributed by atoms with Crippen molar-refractivity contribution < 1.29 is 137 Å². The van der Waals surface area contributed by atoms with Crippen LogP contribution in [0.4, 0.5) is 0 Å². The summed E-state index contributed by atoms with van der Waals surface area (Å²) < 4.78 is 21.1. The molecule has 0 saturated heterocycles. The van der Waals surface area contributed by atoms with Gasteiger partial charge in [-0.2, -0.15) is 0 Å². The van der Waals surface area contributed by atoms with Crippen molar-refractivity contribution in [1.29, 1.82) is 0 Å². The fourth-order valence-corrected chi connectivity index (χ4v) is 4.50. The van der Waals surface area contributed by atoms with Crippen molar-refractivity contribution >= 4 is 24.9 Å². The van der Waals surface area contributed by atoms with Crippen molar-refractivity contribution in [3.8, 4) is 46.0 Å². The second-order valence-electron chi connectivity index (χ2n) is 11.0. The summed E-state index contributed by atoms with van der Waals surface area (Å²) in [7, 11) is 0. The van der Waals surface area contributed by atoms with E-state index in [1.807, 2.05) is 27.7 Å². The molecule has 0 saturated carbocycles. The first-order valence-electron chi connectivity index (χ1n) is 18.1. The molecule has 67 heavy (non-hydrogen) atoms. The van der Waals surface area contributed by atoms with Crippen molar-refractivity contribution in [2.45, 2.75) is 27.7 Å². The first-order chi connectivity index (χ1) is 28.8. The summed E-state index contributed by atoms with van der Waals surface area (Å²) >= 11 is 0. The van der Waals surface area contributed by atoms with Crippen LogP contribution in [-0.4, -0.2) is 87.6 Å². The Labute approximate surface area is 430 Å². The molecule has 0 unspecified atom stereocenters. The summed E-state index contributed by atoms with van der Waals surface area (Å²) in [5.41, 5.74) is 1.91. The quantitative estimate of drug-likeness (QED) is 0.0342. The normalized spacial score (nSPS) is 9.49. The number of para-hydroxylation sites is 4. The number of aliphatic imine (C=N–C) groups is 4. The molecule has 6 N–H and O–H groups in total. The van der Waals surface area contributed by atoms with Gasteiger partial charge in [0.15, 0.2) is 0 Å². The Morgan fingerprint density at radius 2 is 0.597 bits per heavy atom. The second kappa shape index (κ2) is 45.4. The van der Waals surface area contributed by atoms with Crippen molar-refractivity contribution in [3.63, 3.8) is 0 Å². The molecule has 0 aromatic heterocycles. The molecule has 0 spiro atoms. The Hall–Kier alpha value is -5.71. The molecule has 4 rings (SSSR count). The van der Waals surface area contributed by atoms with E-state index in [0.717, 1.165) is 0 Å². The van der Waals surface area contributed by atoms with Gasteiger partial charge >= 0.3 is 34.1 Å². The van der Waals surface area contributed by atoms with Crippen LogP contribution in [0.3, 0.4) is 0 Å². The van der Waals surface area contributed by atoms with E-state index < -0.39 is 10.2 Å². The molecular weight excluding hydrogens is 1220 g/mol. The predicted molar refractivity (Wildman–Crippen MR) is 230 cm³/mol. The Balaban J connectivity index is -0.000000169. The van der Waals surface area contributed by atoms with Crippen molar-refractivity contribution in [2.24, 2.45) is 20.0 Å². The van der Waals surface area contributed by atoms with Crippen LogP contribution in [0, 0.1) is 61.8 Å². The SMILES string of the molecule is CCOc1cccc(C=NCCN=Cc2cccc(OCC)c2[O-])c1[O-].CCOc1cccc(C=NCCN=Cc2cccc(OCC)c2[O-])c1[O-].O=[N+]([O-])[O-].O=[N+]([O-])[O-].[Cu+2].[Cu+2].[O-2].[O-2].[OH3+].[OH3+].[U]. The number of nitrogens with zero attached hydrogens (tertiary/aromatic N) is 6. The third kappa shape index (κ3) is 31.8. The monoisotopic (exact) mass is 1270 g/mol. The molecule has 0 heterocycles. The van der Waals surface area contributed by atoms with Crippen LogP contribution in [0.15, 0.2) is 92.8 Å². The zero-order chi connectivity index (χ0) is 44.7. The molecule has 0 bridgehead atoms. The first kappa shape index (κ1) is 75.6. The van der Waals surface area contributed by atoms with Crippen LogP contribution in [0.1, 0.15) is 49.9 Å². The van der Waals surface area contributed by atoms with Crippen molar-refractivity contribution in [3.05, 3.63) is 126 Å². The van der Waals surface area contributed by atoms with Crippen LogP contribution in [0.25, 0.3) is 0 Å². The van der Waals surface area contributed by atoms with Crippen LogP contribution in [0.5, 0.6) is 46.0 Å². The molecule has 0 atom stereocenters. The van der Waals surface area contributed by atoms with Crippen LogP contribution < -0.4 is 39.4 Å². The summed E-state index contributed by atoms with van der Waals surface area (Å²) in [5, 5.41) is 77.9. The zero-order valence-corrected chi connectivity index (χ0v) is 42.4. The zero-order valence-electron chi connectivity index (χ0n) is 36.4. The van der Waals surface area contributed by atoms with E-state index in [1.165, 1.54) is 24.9 Å². The average molecular weight is 1270 g/mol. The molecule has 24 nitrogen and oxygen atoms in total. The van der Waals surface area contributed by atoms with Crippen molar-refractivity contribution in [2.75, 3.05) is 52.6 Å². The van der Waals surface area contributed by atoms with E-state index in [-0.39, 0.29) is 110 Å². The van der Waals surface area contributed by atoms with E-state index in [9.17, 15) is 20.4 Å². The van der Waals surface area contributed by atoms with Crippen LogP contribution >= 0.6 is 0 Å². The molecule has 27 heteroatoms. The second-order valence-corrected chi connectivity index (χ2v) is 11.0. The molecule has 2 radical (unpaired) electrons. The molecule has 4 aromatic carbocycles. The van der Waals surface area contributed by atoms with E-state index >= 15 is 0 Å². The predicted octanol–water partition coefficient (Wildman–Crippen LogP) is 1.77.